The zero-order valence-corrected chi connectivity index (χ0v) is 12.6. The molecule has 0 saturated carbocycles. The van der Waals surface area contributed by atoms with Crippen LogP contribution >= 0.6 is 11.6 Å². The molecule has 2 rings (SSSR count). The summed E-state index contributed by atoms with van der Waals surface area (Å²) in [6, 6.07) is 19.5. The molecule has 0 aromatic heterocycles. The van der Waals surface area contributed by atoms with Crippen LogP contribution in [0.3, 0.4) is 0 Å². The van der Waals surface area contributed by atoms with Gasteiger partial charge in [0.05, 0.1) is 11.9 Å². The summed E-state index contributed by atoms with van der Waals surface area (Å²) in [5, 5.41) is 9.85. The van der Waals surface area contributed by atoms with E-state index in [4.69, 9.17) is 11.6 Å². The first-order valence-corrected chi connectivity index (χ1v) is 7.27. The number of halogens is 1. The van der Waals surface area contributed by atoms with Crippen LogP contribution in [0, 0.1) is 18.3 Å². The molecule has 2 aromatic rings. The van der Waals surface area contributed by atoms with Crippen molar-refractivity contribution in [2.45, 2.75) is 18.8 Å². The number of carbonyl (C=O) groups excluding carboxylic acids is 1. The van der Waals surface area contributed by atoms with Crippen molar-refractivity contribution in [1.29, 1.82) is 5.26 Å². The van der Waals surface area contributed by atoms with Crippen molar-refractivity contribution < 1.29 is 4.79 Å². The van der Waals surface area contributed by atoms with E-state index in [1.165, 1.54) is 0 Å². The maximum Gasteiger partial charge on any atom is 0.149 e. The van der Waals surface area contributed by atoms with E-state index in [0.717, 1.165) is 16.7 Å². The number of alkyl halides is 1. The Morgan fingerprint density at radius 2 is 1.67 bits per heavy atom. The third kappa shape index (κ3) is 3.15. The first-order chi connectivity index (χ1) is 10.1. The molecule has 0 radical (unpaired) electrons. The summed E-state index contributed by atoms with van der Waals surface area (Å²) in [5.74, 6) is -0.218. The second-order valence-electron chi connectivity index (χ2n) is 5.10. The summed E-state index contributed by atoms with van der Waals surface area (Å²) in [6.07, 6.45) is 0.0834. The molecule has 0 aliphatic heterocycles. The molecule has 0 saturated heterocycles. The summed E-state index contributed by atoms with van der Waals surface area (Å²) in [7, 11) is 0. The average Bonchev–Trinajstić information content (AvgIpc) is 2.54. The van der Waals surface area contributed by atoms with Gasteiger partial charge in [-0.3, -0.25) is 4.79 Å². The highest BCUT2D eigenvalue weighted by Gasteiger charge is 2.36. The van der Waals surface area contributed by atoms with Crippen LogP contribution in [0.1, 0.15) is 23.1 Å². The van der Waals surface area contributed by atoms with E-state index in [1.807, 2.05) is 61.5 Å². The number of hydrogen-bond acceptors (Lipinski definition) is 2. The van der Waals surface area contributed by atoms with E-state index in [0.29, 0.717) is 0 Å². The van der Waals surface area contributed by atoms with Crippen molar-refractivity contribution in [3.63, 3.8) is 0 Å². The van der Waals surface area contributed by atoms with Crippen LogP contribution in [0.4, 0.5) is 0 Å². The van der Waals surface area contributed by atoms with Crippen molar-refractivity contribution >= 4 is 17.4 Å². The summed E-state index contributed by atoms with van der Waals surface area (Å²) in [5.41, 5.74) is 1.76. The largest absolute Gasteiger partial charge is 0.298 e. The van der Waals surface area contributed by atoms with Gasteiger partial charge >= 0.3 is 0 Å². The minimum absolute atomic E-state index is 0.0812. The number of ketones is 1. The number of rotatable bonds is 5. The van der Waals surface area contributed by atoms with E-state index in [9.17, 15) is 10.1 Å². The second kappa shape index (κ2) is 6.56. The molecule has 0 aliphatic rings. The van der Waals surface area contributed by atoms with Crippen LogP contribution in [0.15, 0.2) is 54.6 Å². The molecule has 0 heterocycles. The Kier molecular flexibility index (Phi) is 4.77. The van der Waals surface area contributed by atoms with Crippen LogP contribution in [-0.4, -0.2) is 11.7 Å². The summed E-state index contributed by atoms with van der Waals surface area (Å²) >= 11 is 5.66. The second-order valence-corrected chi connectivity index (χ2v) is 5.37. The molecule has 1 atom stereocenters. The van der Waals surface area contributed by atoms with E-state index in [1.54, 1.807) is 0 Å². The number of Topliss-reactive ketones (excluding diaryl/α,β-unsaturated/α-hetero) is 1. The molecule has 0 amide bonds. The highest BCUT2D eigenvalue weighted by molar-refractivity contribution is 6.27. The number of hydrogen-bond donors (Lipinski definition) is 0. The highest BCUT2D eigenvalue weighted by atomic mass is 35.5. The van der Waals surface area contributed by atoms with E-state index in [-0.39, 0.29) is 18.1 Å². The van der Waals surface area contributed by atoms with Crippen molar-refractivity contribution in [1.82, 2.24) is 0 Å². The summed E-state index contributed by atoms with van der Waals surface area (Å²) < 4.78 is 0. The normalized spacial score (nSPS) is 13.2. The van der Waals surface area contributed by atoms with Gasteiger partial charge in [-0.15, -0.1) is 11.6 Å². The van der Waals surface area contributed by atoms with Crippen molar-refractivity contribution in [2.24, 2.45) is 0 Å². The van der Waals surface area contributed by atoms with Gasteiger partial charge in [0, 0.05) is 6.42 Å². The van der Waals surface area contributed by atoms with Gasteiger partial charge < -0.3 is 0 Å². The molecular weight excluding hydrogens is 282 g/mol. The Bertz CT molecular complexity index is 658. The molecule has 3 heteroatoms. The Hall–Kier alpha value is -2.11. The average molecular weight is 298 g/mol. The maximum atomic E-state index is 11.9. The van der Waals surface area contributed by atoms with Crippen LogP contribution in [0.2, 0.25) is 0 Å². The Labute approximate surface area is 130 Å². The van der Waals surface area contributed by atoms with Crippen LogP contribution < -0.4 is 0 Å². The Balaban J connectivity index is 2.60. The first-order valence-electron chi connectivity index (χ1n) is 6.74. The lowest BCUT2D eigenvalue weighted by Gasteiger charge is -2.27. The number of nitrogens with zero attached hydrogens (tertiary/aromatic N) is 1. The smallest absolute Gasteiger partial charge is 0.149 e. The standard InChI is InChI=1S/C18H16ClNO/c1-14-7-9-16(10-8-14)18(13-20,11-17(21)12-19)15-5-3-2-4-6-15/h2-10H,11-12H2,1H3. The third-order valence-electron chi connectivity index (χ3n) is 3.61. The summed E-state index contributed by atoms with van der Waals surface area (Å²) in [4.78, 5) is 11.9. The van der Waals surface area contributed by atoms with Crippen LogP contribution in [0.5, 0.6) is 0 Å². The first kappa shape index (κ1) is 15.3. The molecule has 0 fully saturated rings. The van der Waals surface area contributed by atoms with Crippen molar-refractivity contribution in [3.05, 3.63) is 71.3 Å². The van der Waals surface area contributed by atoms with Gasteiger partial charge in [0.1, 0.15) is 11.2 Å². The molecule has 2 aromatic carbocycles. The van der Waals surface area contributed by atoms with Gasteiger partial charge in [0.25, 0.3) is 0 Å². The fourth-order valence-corrected chi connectivity index (χ4v) is 2.54. The van der Waals surface area contributed by atoms with E-state index in [2.05, 4.69) is 6.07 Å². The molecule has 1 unspecified atom stereocenters. The predicted molar refractivity (Wildman–Crippen MR) is 84.4 cm³/mol. The van der Waals surface area contributed by atoms with Crippen LogP contribution in [-0.2, 0) is 10.2 Å². The molecular formula is C18H16ClNO. The van der Waals surface area contributed by atoms with E-state index < -0.39 is 5.41 Å². The lowest BCUT2D eigenvalue weighted by atomic mass is 9.72. The number of carbonyl (C=O) groups is 1. The summed E-state index contributed by atoms with van der Waals surface area (Å²) in [6.45, 7) is 1.99. The SMILES string of the molecule is Cc1ccc(C(C#N)(CC(=O)CCl)c2ccccc2)cc1. The molecule has 2 nitrogen and oxygen atoms in total. The lowest BCUT2D eigenvalue weighted by Crippen LogP contribution is -2.29. The van der Waals surface area contributed by atoms with Gasteiger partial charge in [0.15, 0.2) is 0 Å². The topological polar surface area (TPSA) is 40.9 Å². The zero-order chi connectivity index (χ0) is 15.3. The lowest BCUT2D eigenvalue weighted by molar-refractivity contribution is -0.117. The van der Waals surface area contributed by atoms with E-state index >= 15 is 0 Å². The molecule has 106 valence electrons. The number of benzene rings is 2. The third-order valence-corrected chi connectivity index (χ3v) is 3.91. The molecule has 21 heavy (non-hydrogen) atoms. The van der Waals surface area contributed by atoms with Crippen molar-refractivity contribution in [2.75, 3.05) is 5.88 Å². The molecule has 0 spiro atoms. The number of nitriles is 1. The maximum absolute atomic E-state index is 11.9. The van der Waals surface area contributed by atoms with Gasteiger partial charge in [-0.05, 0) is 18.1 Å². The van der Waals surface area contributed by atoms with Gasteiger partial charge in [0.2, 0.25) is 0 Å². The van der Waals surface area contributed by atoms with Gasteiger partial charge in [-0.25, -0.2) is 0 Å². The highest BCUT2D eigenvalue weighted by Crippen LogP contribution is 2.35. The predicted octanol–water partition coefficient (Wildman–Crippen LogP) is 4.00. The quantitative estimate of drug-likeness (QED) is 0.783. The van der Waals surface area contributed by atoms with Crippen molar-refractivity contribution in [3.8, 4) is 6.07 Å². The minimum atomic E-state index is -0.985. The molecule has 0 aliphatic carbocycles. The molecule has 0 N–H and O–H groups in total. The number of aryl methyl sites for hydroxylation is 1. The monoisotopic (exact) mass is 297 g/mol. The fourth-order valence-electron chi connectivity index (χ4n) is 2.44. The van der Waals surface area contributed by atoms with Gasteiger partial charge in [-0.2, -0.15) is 5.26 Å². The van der Waals surface area contributed by atoms with Crippen LogP contribution in [0.25, 0.3) is 0 Å². The molecule has 0 bridgehead atoms. The minimum Gasteiger partial charge on any atom is -0.298 e. The Morgan fingerprint density at radius 3 is 2.19 bits per heavy atom. The Morgan fingerprint density at radius 1 is 1.10 bits per heavy atom. The van der Waals surface area contributed by atoms with Gasteiger partial charge in [-0.1, -0.05) is 60.2 Å². The zero-order valence-electron chi connectivity index (χ0n) is 11.8. The fraction of sp³-hybridized carbons (Fsp3) is 0.222.